The Bertz CT molecular complexity index is 1540. The summed E-state index contributed by atoms with van der Waals surface area (Å²) in [4.78, 5) is 78.7. The van der Waals surface area contributed by atoms with E-state index in [4.69, 9.17) is 9.47 Å². The normalized spacial score (nSPS) is 19.4. The van der Waals surface area contributed by atoms with E-state index in [9.17, 15) is 24.0 Å². The third-order valence-electron chi connectivity index (χ3n) is 10.3. The SMILES string of the molecule is COC(=O)[C@@H](C)C[C@H](Cc1nc(C)cs1)NC(=O)c1csc([C@@H](C[C@H](C(C)C)N(C)C(=O)[C@@H](NC(=O)[C@H]2CCCCN2C)C2CCC2)OC(C)=O)n1. The molecule has 6 atom stereocenters. The average Bonchev–Trinajstić information content (AvgIpc) is 3.73. The van der Waals surface area contributed by atoms with E-state index in [-0.39, 0.29) is 53.8 Å². The summed E-state index contributed by atoms with van der Waals surface area (Å²) in [5, 5.41) is 11.0. The summed E-state index contributed by atoms with van der Waals surface area (Å²) >= 11 is 2.70. The molecule has 0 unspecified atom stereocenters. The first-order valence-corrected chi connectivity index (χ1v) is 20.1. The zero-order valence-corrected chi connectivity index (χ0v) is 33.4. The molecular formula is C37H56N6O7S2. The molecule has 3 heterocycles. The highest BCUT2D eigenvalue weighted by Gasteiger charge is 2.40. The minimum atomic E-state index is -0.812. The second-order valence-electron chi connectivity index (χ2n) is 14.8. The van der Waals surface area contributed by atoms with Crippen LogP contribution in [0, 0.1) is 24.7 Å². The molecule has 15 heteroatoms. The second kappa shape index (κ2) is 19.1. The van der Waals surface area contributed by atoms with Crippen molar-refractivity contribution in [3.8, 4) is 0 Å². The van der Waals surface area contributed by atoms with Crippen molar-refractivity contribution < 1.29 is 33.4 Å². The second-order valence-corrected chi connectivity index (χ2v) is 16.6. The zero-order chi connectivity index (χ0) is 38.1. The number of hydrogen-bond donors (Lipinski definition) is 2. The molecule has 2 fully saturated rings. The van der Waals surface area contributed by atoms with Crippen LogP contribution < -0.4 is 10.6 Å². The molecule has 1 saturated heterocycles. The van der Waals surface area contributed by atoms with Crippen LogP contribution in [0.15, 0.2) is 10.8 Å². The minimum absolute atomic E-state index is 0.0241. The molecule has 52 heavy (non-hydrogen) atoms. The topological polar surface area (TPSA) is 160 Å². The maximum absolute atomic E-state index is 14.2. The summed E-state index contributed by atoms with van der Waals surface area (Å²) in [6.45, 7) is 9.86. The Morgan fingerprint density at radius 2 is 1.73 bits per heavy atom. The zero-order valence-electron chi connectivity index (χ0n) is 31.8. The van der Waals surface area contributed by atoms with Crippen LogP contribution in [0.2, 0.25) is 0 Å². The van der Waals surface area contributed by atoms with E-state index in [0.29, 0.717) is 17.8 Å². The summed E-state index contributed by atoms with van der Waals surface area (Å²) < 4.78 is 10.7. The van der Waals surface area contributed by atoms with Crippen LogP contribution in [0.1, 0.15) is 111 Å². The van der Waals surface area contributed by atoms with E-state index >= 15 is 0 Å². The van der Waals surface area contributed by atoms with Crippen molar-refractivity contribution in [1.82, 2.24) is 30.4 Å². The number of aromatic nitrogens is 2. The van der Waals surface area contributed by atoms with Gasteiger partial charge in [0.1, 0.15) is 16.7 Å². The highest BCUT2D eigenvalue weighted by Crippen LogP contribution is 2.34. The van der Waals surface area contributed by atoms with Crippen molar-refractivity contribution in [3.05, 3.63) is 32.2 Å². The predicted octanol–water partition coefficient (Wildman–Crippen LogP) is 4.69. The van der Waals surface area contributed by atoms with Gasteiger partial charge in [-0.1, -0.05) is 33.6 Å². The van der Waals surface area contributed by atoms with Gasteiger partial charge in [0.25, 0.3) is 5.91 Å². The summed E-state index contributed by atoms with van der Waals surface area (Å²) in [6.07, 6.45) is 5.83. The van der Waals surface area contributed by atoms with Gasteiger partial charge in [-0.3, -0.25) is 28.9 Å². The van der Waals surface area contributed by atoms with Gasteiger partial charge in [-0.25, -0.2) is 9.97 Å². The number of carbonyl (C=O) groups excluding carboxylic acids is 5. The first kappa shape index (κ1) is 41.3. The summed E-state index contributed by atoms with van der Waals surface area (Å²) in [6, 6.07) is -1.65. The van der Waals surface area contributed by atoms with Crippen LogP contribution in [0.25, 0.3) is 0 Å². The summed E-state index contributed by atoms with van der Waals surface area (Å²) in [5.41, 5.74) is 1.04. The fourth-order valence-corrected chi connectivity index (χ4v) is 8.81. The molecule has 1 aliphatic carbocycles. The van der Waals surface area contributed by atoms with Crippen molar-refractivity contribution in [1.29, 1.82) is 0 Å². The quantitative estimate of drug-likeness (QED) is 0.217. The van der Waals surface area contributed by atoms with Crippen molar-refractivity contribution in [2.75, 3.05) is 27.7 Å². The number of amides is 3. The van der Waals surface area contributed by atoms with Crippen LogP contribution in [0.5, 0.6) is 0 Å². The number of nitrogens with one attached hydrogen (secondary N) is 2. The van der Waals surface area contributed by atoms with Crippen molar-refractivity contribution in [3.63, 3.8) is 0 Å². The van der Waals surface area contributed by atoms with Crippen molar-refractivity contribution >= 4 is 52.3 Å². The molecule has 2 aliphatic rings. The predicted molar refractivity (Wildman–Crippen MR) is 200 cm³/mol. The molecule has 2 N–H and O–H groups in total. The molecule has 0 aromatic carbocycles. The van der Waals surface area contributed by atoms with Gasteiger partial charge >= 0.3 is 11.9 Å². The Morgan fingerprint density at radius 1 is 1.00 bits per heavy atom. The van der Waals surface area contributed by atoms with Crippen LogP contribution in [0.3, 0.4) is 0 Å². The highest BCUT2D eigenvalue weighted by molar-refractivity contribution is 7.10. The number of piperidine rings is 1. The van der Waals surface area contributed by atoms with Crippen LogP contribution in [0.4, 0.5) is 0 Å². The maximum Gasteiger partial charge on any atom is 0.308 e. The Balaban J connectivity index is 1.50. The first-order valence-electron chi connectivity index (χ1n) is 18.4. The number of hydrogen-bond acceptors (Lipinski definition) is 12. The number of aryl methyl sites for hydroxylation is 1. The molecular weight excluding hydrogens is 705 g/mol. The van der Waals surface area contributed by atoms with E-state index in [1.54, 1.807) is 24.3 Å². The van der Waals surface area contributed by atoms with Gasteiger partial charge < -0.3 is 25.0 Å². The molecule has 1 saturated carbocycles. The monoisotopic (exact) mass is 760 g/mol. The van der Waals surface area contributed by atoms with E-state index in [0.717, 1.165) is 55.8 Å². The average molecular weight is 761 g/mol. The third-order valence-corrected chi connectivity index (χ3v) is 12.3. The minimum Gasteiger partial charge on any atom is -0.469 e. The van der Waals surface area contributed by atoms with Gasteiger partial charge in [-0.15, -0.1) is 22.7 Å². The van der Waals surface area contributed by atoms with E-state index in [1.807, 2.05) is 33.2 Å². The molecule has 0 radical (unpaired) electrons. The fourth-order valence-electron chi connectivity index (χ4n) is 7.11. The number of likely N-dealkylation sites (N-methyl/N-ethyl adjacent to an activating group) is 2. The molecule has 288 valence electrons. The Kier molecular flexibility index (Phi) is 15.1. The number of esters is 2. The molecule has 2 aromatic heterocycles. The standard InChI is InChI=1S/C37H56N6O7S2/c1-21(2)29(43(7)36(47)32(25-12-11-13-25)41-34(46)28-14-9-10-15-42(28)6)18-30(50-24(5)44)35-40-27(20-52-35)33(45)39-26(16-22(3)37(48)49-8)17-31-38-23(4)19-51-31/h19-22,25-26,28-30,32H,9-18H2,1-8H3,(H,39,45)(H,41,46)/t22-,26+,28+,29+,30+,32-/m0/s1. The van der Waals surface area contributed by atoms with Crippen molar-refractivity contribution in [2.24, 2.45) is 17.8 Å². The highest BCUT2D eigenvalue weighted by atomic mass is 32.1. The number of carbonyl (C=O) groups is 5. The van der Waals surface area contributed by atoms with Gasteiger partial charge in [0.15, 0.2) is 6.10 Å². The van der Waals surface area contributed by atoms with Gasteiger partial charge in [0.05, 0.1) is 24.1 Å². The maximum atomic E-state index is 14.2. The largest absolute Gasteiger partial charge is 0.469 e. The number of nitrogens with zero attached hydrogens (tertiary/aromatic N) is 4. The lowest BCUT2D eigenvalue weighted by Crippen LogP contribution is -2.59. The fraction of sp³-hybridized carbons (Fsp3) is 0.703. The summed E-state index contributed by atoms with van der Waals surface area (Å²) in [7, 11) is 5.05. The number of ether oxygens (including phenoxy) is 2. The van der Waals surface area contributed by atoms with Crippen molar-refractivity contribution in [2.45, 2.75) is 123 Å². The van der Waals surface area contributed by atoms with Gasteiger partial charge in [0, 0.05) is 55.4 Å². The first-order chi connectivity index (χ1) is 24.7. The van der Waals surface area contributed by atoms with E-state index < -0.39 is 36.0 Å². The molecule has 0 spiro atoms. The smallest absolute Gasteiger partial charge is 0.308 e. The van der Waals surface area contributed by atoms with Gasteiger partial charge in [0.2, 0.25) is 11.8 Å². The number of likely N-dealkylation sites (tertiary alicyclic amines) is 1. The lowest BCUT2D eigenvalue weighted by molar-refractivity contribution is -0.149. The Hall–Kier alpha value is -3.43. The van der Waals surface area contributed by atoms with Gasteiger partial charge in [-0.2, -0.15) is 0 Å². The van der Waals surface area contributed by atoms with Crippen LogP contribution >= 0.6 is 22.7 Å². The number of rotatable bonds is 17. The molecule has 4 rings (SSSR count). The molecule has 1 aliphatic heterocycles. The summed E-state index contributed by atoms with van der Waals surface area (Å²) in [5.74, 6) is -1.95. The molecule has 13 nitrogen and oxygen atoms in total. The van der Waals surface area contributed by atoms with Crippen LogP contribution in [-0.2, 0) is 35.1 Å². The molecule has 0 bridgehead atoms. The van der Waals surface area contributed by atoms with E-state index in [1.165, 1.54) is 36.7 Å². The Labute approximate surface area is 315 Å². The van der Waals surface area contributed by atoms with Gasteiger partial charge in [-0.05, 0) is 64.5 Å². The molecule has 3 amide bonds. The molecule has 2 aromatic rings. The lowest BCUT2D eigenvalue weighted by Gasteiger charge is -2.41. The number of methoxy groups -OCH3 is 1. The Morgan fingerprint density at radius 3 is 2.31 bits per heavy atom. The number of thiazole rings is 2. The van der Waals surface area contributed by atoms with Crippen LogP contribution in [-0.4, -0.2) is 101 Å². The van der Waals surface area contributed by atoms with E-state index in [2.05, 4.69) is 25.5 Å². The third kappa shape index (κ3) is 11.0. The lowest BCUT2D eigenvalue weighted by atomic mass is 9.78.